The molecule has 1 saturated carbocycles. The minimum Gasteiger partial charge on any atom is -0.475 e. The average molecular weight is 450 g/mol. The Bertz CT molecular complexity index is 716. The molecule has 12 heteroatoms. The van der Waals surface area contributed by atoms with Gasteiger partial charge in [0, 0.05) is 13.1 Å². The smallest absolute Gasteiger partial charge is 0.475 e. The highest BCUT2D eigenvalue weighted by molar-refractivity contribution is 5.73. The monoisotopic (exact) mass is 450 g/mol. The van der Waals surface area contributed by atoms with Gasteiger partial charge in [0.05, 0.1) is 37.8 Å². The fraction of sp³-hybridized carbons (Fsp3) is 0.737. The number of halogens is 4. The maximum absolute atomic E-state index is 13.1. The largest absolute Gasteiger partial charge is 0.490 e. The average Bonchev–Trinajstić information content (AvgIpc) is 3.39. The summed E-state index contributed by atoms with van der Waals surface area (Å²) in [5.41, 5.74) is 0. The van der Waals surface area contributed by atoms with Crippen molar-refractivity contribution in [3.63, 3.8) is 0 Å². The van der Waals surface area contributed by atoms with E-state index in [1.165, 1.54) is 38.3 Å². The molecule has 2 aliphatic heterocycles. The number of likely N-dealkylation sites (tertiary alicyclic amines) is 1. The number of carbonyl (C=O) groups is 1. The van der Waals surface area contributed by atoms with Crippen LogP contribution in [-0.4, -0.2) is 89.8 Å². The molecule has 0 bridgehead atoms. The third-order valence-corrected chi connectivity index (χ3v) is 5.58. The minimum absolute atomic E-state index is 0.0611. The van der Waals surface area contributed by atoms with E-state index in [0.717, 1.165) is 32.5 Å². The Morgan fingerprint density at radius 2 is 1.84 bits per heavy atom. The lowest BCUT2D eigenvalue weighted by Crippen LogP contribution is -2.52. The summed E-state index contributed by atoms with van der Waals surface area (Å²) in [6, 6.07) is 0.223. The second kappa shape index (κ2) is 10.5. The van der Waals surface area contributed by atoms with Crippen molar-refractivity contribution < 1.29 is 36.9 Å². The number of morpholine rings is 1. The lowest BCUT2D eigenvalue weighted by Gasteiger charge is -2.39. The van der Waals surface area contributed by atoms with Gasteiger partial charge in [0.25, 0.3) is 0 Å². The van der Waals surface area contributed by atoms with Crippen LogP contribution in [0.5, 0.6) is 0 Å². The van der Waals surface area contributed by atoms with Gasteiger partial charge in [0.15, 0.2) is 5.82 Å². The first-order valence-corrected chi connectivity index (χ1v) is 10.3. The molecule has 0 spiro atoms. The maximum Gasteiger partial charge on any atom is 0.490 e. The van der Waals surface area contributed by atoms with Gasteiger partial charge < -0.3 is 24.4 Å². The van der Waals surface area contributed by atoms with E-state index in [1.807, 2.05) is 0 Å². The summed E-state index contributed by atoms with van der Waals surface area (Å²) in [5.74, 6) is -2.57. The van der Waals surface area contributed by atoms with E-state index in [1.54, 1.807) is 0 Å². The van der Waals surface area contributed by atoms with Gasteiger partial charge in [-0.1, -0.05) is 0 Å². The zero-order valence-corrected chi connectivity index (χ0v) is 16.9. The van der Waals surface area contributed by atoms with Gasteiger partial charge in [-0.15, -0.1) is 0 Å². The molecule has 31 heavy (non-hydrogen) atoms. The number of hydrogen-bond donors (Lipinski definition) is 1. The molecule has 8 nitrogen and oxygen atoms in total. The second-order valence-electron chi connectivity index (χ2n) is 7.64. The summed E-state index contributed by atoms with van der Waals surface area (Å²) >= 11 is 0. The Labute approximate surface area is 177 Å². The summed E-state index contributed by atoms with van der Waals surface area (Å²) < 4.78 is 56.9. The Morgan fingerprint density at radius 3 is 2.45 bits per heavy atom. The Morgan fingerprint density at radius 1 is 1.19 bits per heavy atom. The highest BCUT2D eigenvalue weighted by Crippen LogP contribution is 2.33. The van der Waals surface area contributed by atoms with E-state index in [0.29, 0.717) is 12.6 Å². The first-order chi connectivity index (χ1) is 14.8. The SMILES string of the molecule is Fc1cnc(N2CCO[C@H]3[C@H](OCCN4CCCC4)CC[C@@H]32)nc1.O=C(O)C(F)(F)F. The quantitative estimate of drug-likeness (QED) is 0.683. The zero-order chi connectivity index (χ0) is 22.4. The maximum atomic E-state index is 13.1. The minimum atomic E-state index is -5.08. The third kappa shape index (κ3) is 6.47. The highest BCUT2D eigenvalue weighted by Gasteiger charge is 2.44. The van der Waals surface area contributed by atoms with Crippen molar-refractivity contribution >= 4 is 11.9 Å². The van der Waals surface area contributed by atoms with E-state index in [9.17, 15) is 17.6 Å². The van der Waals surface area contributed by atoms with E-state index in [-0.39, 0.29) is 18.2 Å². The molecule has 3 heterocycles. The lowest BCUT2D eigenvalue weighted by molar-refractivity contribution is -0.192. The summed E-state index contributed by atoms with van der Waals surface area (Å²) in [7, 11) is 0. The number of carboxylic acid groups (broad SMARTS) is 1. The van der Waals surface area contributed by atoms with Crippen LogP contribution < -0.4 is 4.90 Å². The molecule has 3 fully saturated rings. The van der Waals surface area contributed by atoms with Crippen molar-refractivity contribution in [2.24, 2.45) is 0 Å². The number of aliphatic carboxylic acids is 1. The van der Waals surface area contributed by atoms with Crippen molar-refractivity contribution in [3.8, 4) is 0 Å². The molecule has 0 amide bonds. The molecule has 1 N–H and O–H groups in total. The Hall–Kier alpha value is -2.05. The lowest BCUT2D eigenvalue weighted by atomic mass is 10.1. The van der Waals surface area contributed by atoms with Crippen LogP contribution in [0.2, 0.25) is 0 Å². The van der Waals surface area contributed by atoms with Crippen LogP contribution in [0.15, 0.2) is 12.4 Å². The van der Waals surface area contributed by atoms with E-state index >= 15 is 0 Å². The fourth-order valence-corrected chi connectivity index (χ4v) is 4.14. The number of anilines is 1. The molecule has 0 unspecified atom stereocenters. The number of hydrogen-bond acceptors (Lipinski definition) is 7. The van der Waals surface area contributed by atoms with Crippen LogP contribution in [0.3, 0.4) is 0 Å². The van der Waals surface area contributed by atoms with Gasteiger partial charge in [-0.05, 0) is 38.8 Å². The van der Waals surface area contributed by atoms with Gasteiger partial charge in [0.2, 0.25) is 5.95 Å². The summed E-state index contributed by atoms with van der Waals surface area (Å²) in [6.45, 7) is 5.56. The van der Waals surface area contributed by atoms with Crippen molar-refractivity contribution in [2.75, 3.05) is 44.3 Å². The second-order valence-corrected chi connectivity index (χ2v) is 7.64. The fourth-order valence-electron chi connectivity index (χ4n) is 4.14. The van der Waals surface area contributed by atoms with Crippen LogP contribution in [0.25, 0.3) is 0 Å². The van der Waals surface area contributed by atoms with Crippen molar-refractivity contribution in [1.29, 1.82) is 0 Å². The molecule has 0 aromatic carbocycles. The summed E-state index contributed by atoms with van der Waals surface area (Å²) in [6.07, 6.45) is 2.19. The molecular formula is C19H26F4N4O4. The predicted molar refractivity (Wildman–Crippen MR) is 101 cm³/mol. The van der Waals surface area contributed by atoms with Gasteiger partial charge >= 0.3 is 12.1 Å². The van der Waals surface area contributed by atoms with Crippen molar-refractivity contribution in [3.05, 3.63) is 18.2 Å². The van der Waals surface area contributed by atoms with Crippen LogP contribution in [-0.2, 0) is 14.3 Å². The Kier molecular flexibility index (Phi) is 8.00. The van der Waals surface area contributed by atoms with Gasteiger partial charge in [-0.25, -0.2) is 19.2 Å². The van der Waals surface area contributed by atoms with Crippen LogP contribution >= 0.6 is 0 Å². The molecule has 3 atom stereocenters. The number of nitrogens with zero attached hydrogens (tertiary/aromatic N) is 4. The van der Waals surface area contributed by atoms with Crippen molar-refractivity contribution in [1.82, 2.24) is 14.9 Å². The number of fused-ring (bicyclic) bond motifs is 1. The number of ether oxygens (including phenoxy) is 2. The molecule has 3 aliphatic rings. The molecule has 174 valence electrons. The van der Waals surface area contributed by atoms with E-state index in [4.69, 9.17) is 19.4 Å². The van der Waals surface area contributed by atoms with Crippen LogP contribution in [0.4, 0.5) is 23.5 Å². The topological polar surface area (TPSA) is 88.0 Å². The zero-order valence-electron chi connectivity index (χ0n) is 16.9. The molecule has 4 rings (SSSR count). The van der Waals surface area contributed by atoms with Gasteiger partial charge in [0.1, 0.15) is 6.10 Å². The van der Waals surface area contributed by atoms with E-state index in [2.05, 4.69) is 19.8 Å². The first kappa shape index (κ1) is 23.6. The van der Waals surface area contributed by atoms with Crippen LogP contribution in [0, 0.1) is 5.82 Å². The number of rotatable bonds is 5. The van der Waals surface area contributed by atoms with Gasteiger partial charge in [-0.3, -0.25) is 0 Å². The van der Waals surface area contributed by atoms with Crippen LogP contribution in [0.1, 0.15) is 25.7 Å². The number of aromatic nitrogens is 2. The first-order valence-electron chi connectivity index (χ1n) is 10.3. The highest BCUT2D eigenvalue weighted by atomic mass is 19.4. The number of alkyl halides is 3. The molecule has 0 radical (unpaired) electrons. The van der Waals surface area contributed by atoms with E-state index < -0.39 is 18.0 Å². The normalized spacial score (nSPS) is 26.3. The third-order valence-electron chi connectivity index (χ3n) is 5.58. The summed E-state index contributed by atoms with van der Waals surface area (Å²) in [4.78, 5) is 21.8. The standard InChI is InChI=1S/C17H25FN4O2.C2HF3O2/c18-13-11-19-17(20-12-13)22-8-10-24-16-14(22)3-4-15(16)23-9-7-21-5-1-2-6-21;3-2(4,5)1(6)7/h11-12,14-16H,1-10H2;(H,6,7)/t14-,15+,16+;/m0./s1. The number of carboxylic acids is 1. The predicted octanol–water partition coefficient (Wildman–Crippen LogP) is 2.10. The van der Waals surface area contributed by atoms with Gasteiger partial charge in [-0.2, -0.15) is 13.2 Å². The van der Waals surface area contributed by atoms with Crippen molar-refractivity contribution in [2.45, 2.75) is 50.1 Å². The molecular weight excluding hydrogens is 424 g/mol. The Balaban J connectivity index is 0.000000339. The molecule has 1 aliphatic carbocycles. The molecule has 1 aromatic rings. The molecule has 2 saturated heterocycles. The summed E-state index contributed by atoms with van der Waals surface area (Å²) in [5, 5.41) is 7.12. The molecule has 1 aromatic heterocycles.